The van der Waals surface area contributed by atoms with Crippen molar-refractivity contribution in [2.24, 2.45) is 0 Å². The van der Waals surface area contributed by atoms with Crippen LogP contribution in [0.25, 0.3) is 0 Å². The third-order valence-corrected chi connectivity index (χ3v) is 10.2. The van der Waals surface area contributed by atoms with Crippen molar-refractivity contribution in [3.8, 4) is 5.75 Å². The molecule has 1 atom stereocenters. The van der Waals surface area contributed by atoms with Gasteiger partial charge in [0.2, 0.25) is 11.8 Å². The van der Waals surface area contributed by atoms with E-state index in [-0.39, 0.29) is 23.8 Å². The fourth-order valence-corrected chi connectivity index (χ4v) is 6.96. The van der Waals surface area contributed by atoms with Crippen LogP contribution in [0.5, 0.6) is 5.75 Å². The predicted octanol–water partition coefficient (Wildman–Crippen LogP) is 7.06. The average molecular weight is 697 g/mol. The Morgan fingerprint density at radius 3 is 2.11 bits per heavy atom. The summed E-state index contributed by atoms with van der Waals surface area (Å²) in [5.74, 6) is -0.480. The van der Waals surface area contributed by atoms with Gasteiger partial charge in [0.05, 0.1) is 17.7 Å². The van der Waals surface area contributed by atoms with Crippen molar-refractivity contribution >= 4 is 50.7 Å². The van der Waals surface area contributed by atoms with E-state index in [2.05, 4.69) is 5.32 Å². The number of ether oxygens (including phenoxy) is 1. The Morgan fingerprint density at radius 1 is 0.872 bits per heavy atom. The number of carbonyl (C=O) groups excluding carboxylic acids is 2. The molecule has 0 saturated heterocycles. The minimum Gasteiger partial charge on any atom is -0.497 e. The fraction of sp³-hybridized carbons (Fsp3) is 0.278. The highest BCUT2D eigenvalue weighted by atomic mass is 35.5. The molecule has 0 aliphatic heterocycles. The highest BCUT2D eigenvalue weighted by molar-refractivity contribution is 7.92. The normalized spacial score (nSPS) is 11.9. The van der Waals surface area contributed by atoms with E-state index >= 15 is 0 Å². The van der Waals surface area contributed by atoms with Crippen molar-refractivity contribution in [2.45, 2.75) is 50.6 Å². The lowest BCUT2D eigenvalue weighted by molar-refractivity contribution is -0.140. The third-order valence-electron chi connectivity index (χ3n) is 7.74. The van der Waals surface area contributed by atoms with Gasteiger partial charge in [0.15, 0.2) is 0 Å². The van der Waals surface area contributed by atoms with Crippen LogP contribution in [0.2, 0.25) is 10.0 Å². The average Bonchev–Trinajstić information content (AvgIpc) is 3.07. The number of aryl methyl sites for hydroxylation is 1. The molecule has 0 aromatic heterocycles. The van der Waals surface area contributed by atoms with E-state index in [0.717, 1.165) is 28.3 Å². The Balaban J connectivity index is 1.82. The molecule has 0 aliphatic rings. The summed E-state index contributed by atoms with van der Waals surface area (Å²) in [6.07, 6.45) is 1.81. The summed E-state index contributed by atoms with van der Waals surface area (Å²) in [7, 11) is -2.76. The number of nitrogens with one attached hydrogen (secondary N) is 1. The number of nitrogens with zero attached hydrogens (tertiary/aromatic N) is 2. The van der Waals surface area contributed by atoms with Crippen molar-refractivity contribution in [3.63, 3.8) is 0 Å². The van der Waals surface area contributed by atoms with Crippen LogP contribution in [0, 0.1) is 6.92 Å². The SMILES string of the molecule is CCCCNC(=O)[C@H](Cc1ccccc1)N(Cc1c(Cl)cccc1Cl)C(=O)CN(c1ccc(C)cc1)S(=O)(=O)c1ccc(OC)cc1. The Labute approximate surface area is 287 Å². The van der Waals surface area contributed by atoms with E-state index in [1.165, 1.54) is 24.1 Å². The van der Waals surface area contributed by atoms with Gasteiger partial charge >= 0.3 is 0 Å². The highest BCUT2D eigenvalue weighted by Crippen LogP contribution is 2.29. The molecule has 0 aliphatic carbocycles. The van der Waals surface area contributed by atoms with E-state index in [1.54, 1.807) is 54.6 Å². The topological polar surface area (TPSA) is 96.0 Å². The number of benzene rings is 4. The first-order chi connectivity index (χ1) is 22.5. The second-order valence-corrected chi connectivity index (χ2v) is 13.8. The minimum absolute atomic E-state index is 0.0227. The van der Waals surface area contributed by atoms with Crippen molar-refractivity contribution in [3.05, 3.63) is 124 Å². The van der Waals surface area contributed by atoms with Crippen molar-refractivity contribution < 1.29 is 22.7 Å². The van der Waals surface area contributed by atoms with E-state index < -0.39 is 28.5 Å². The van der Waals surface area contributed by atoms with Gasteiger partial charge in [0, 0.05) is 35.1 Å². The summed E-state index contributed by atoms with van der Waals surface area (Å²) in [5.41, 5.74) is 2.49. The molecular weight excluding hydrogens is 657 g/mol. The molecule has 0 unspecified atom stereocenters. The smallest absolute Gasteiger partial charge is 0.264 e. The van der Waals surface area contributed by atoms with Gasteiger partial charge in [-0.15, -0.1) is 0 Å². The number of amides is 2. The first kappa shape index (κ1) is 35.8. The molecule has 0 saturated carbocycles. The molecule has 0 heterocycles. The minimum atomic E-state index is -4.25. The maximum atomic E-state index is 14.6. The van der Waals surface area contributed by atoms with Crippen molar-refractivity contribution in [2.75, 3.05) is 24.5 Å². The number of hydrogen-bond acceptors (Lipinski definition) is 5. The molecule has 4 aromatic carbocycles. The van der Waals surface area contributed by atoms with Gasteiger partial charge in [-0.1, -0.05) is 90.6 Å². The molecule has 11 heteroatoms. The Bertz CT molecular complexity index is 1730. The van der Waals surface area contributed by atoms with Crippen LogP contribution in [-0.2, 0) is 32.6 Å². The highest BCUT2D eigenvalue weighted by Gasteiger charge is 2.35. The summed E-state index contributed by atoms with van der Waals surface area (Å²) < 4.78 is 34.7. The molecule has 1 N–H and O–H groups in total. The van der Waals surface area contributed by atoms with Gasteiger partial charge in [-0.2, -0.15) is 0 Å². The summed E-state index contributed by atoms with van der Waals surface area (Å²) in [5, 5.41) is 3.61. The van der Waals surface area contributed by atoms with Crippen molar-refractivity contribution in [1.82, 2.24) is 10.2 Å². The lowest BCUT2D eigenvalue weighted by Gasteiger charge is -2.34. The number of rotatable bonds is 15. The van der Waals surface area contributed by atoms with E-state index in [9.17, 15) is 18.0 Å². The van der Waals surface area contributed by atoms with Gasteiger partial charge in [0.25, 0.3) is 10.0 Å². The first-order valence-corrected chi connectivity index (χ1v) is 17.5. The van der Waals surface area contributed by atoms with Gasteiger partial charge in [-0.25, -0.2) is 8.42 Å². The summed E-state index contributed by atoms with van der Waals surface area (Å²) in [4.78, 5) is 29.8. The monoisotopic (exact) mass is 695 g/mol. The van der Waals surface area contributed by atoms with Crippen LogP contribution in [0.1, 0.15) is 36.5 Å². The largest absolute Gasteiger partial charge is 0.497 e. The molecule has 0 radical (unpaired) electrons. The Hall–Kier alpha value is -4.05. The van der Waals surface area contributed by atoms with Gasteiger partial charge in [-0.3, -0.25) is 13.9 Å². The zero-order valence-electron chi connectivity index (χ0n) is 26.7. The maximum absolute atomic E-state index is 14.6. The first-order valence-electron chi connectivity index (χ1n) is 15.3. The lowest BCUT2D eigenvalue weighted by Crippen LogP contribution is -2.53. The number of anilines is 1. The maximum Gasteiger partial charge on any atom is 0.264 e. The van der Waals surface area contributed by atoms with Crippen LogP contribution in [0.3, 0.4) is 0 Å². The van der Waals surface area contributed by atoms with E-state index in [4.69, 9.17) is 27.9 Å². The Morgan fingerprint density at radius 2 is 1.51 bits per heavy atom. The molecule has 2 amide bonds. The summed E-state index contributed by atoms with van der Waals surface area (Å²) in [6.45, 7) is 3.62. The molecule has 0 fully saturated rings. The lowest BCUT2D eigenvalue weighted by atomic mass is 10.0. The molecule has 8 nitrogen and oxygen atoms in total. The van der Waals surface area contributed by atoms with Gasteiger partial charge in [0.1, 0.15) is 18.3 Å². The zero-order valence-corrected chi connectivity index (χ0v) is 29.0. The number of unbranched alkanes of at least 4 members (excludes halogenated alkanes) is 1. The molecule has 248 valence electrons. The third kappa shape index (κ3) is 9.28. The fourth-order valence-electron chi connectivity index (χ4n) is 5.03. The number of halogens is 2. The second kappa shape index (κ2) is 16.7. The number of hydrogen-bond donors (Lipinski definition) is 1. The standard InChI is InChI=1S/C36H39Cl2N3O5S/c1-4-5-22-39-36(43)34(23-27-10-7-6-8-11-27)40(24-31-32(37)12-9-13-33(31)38)35(42)25-41(28-16-14-26(2)15-17-28)47(44,45)30-20-18-29(46-3)19-21-30/h6-21,34H,4-5,22-25H2,1-3H3,(H,39,43)/t34-/m0/s1. The van der Waals surface area contributed by atoms with E-state index in [1.807, 2.05) is 44.2 Å². The molecule has 0 bridgehead atoms. The molecule has 4 rings (SSSR count). The quantitative estimate of drug-likeness (QED) is 0.134. The molecule has 4 aromatic rings. The van der Waals surface area contributed by atoms with Gasteiger partial charge < -0.3 is 15.0 Å². The van der Waals surface area contributed by atoms with Crippen LogP contribution >= 0.6 is 23.2 Å². The molecule has 0 spiro atoms. The van der Waals surface area contributed by atoms with Crippen LogP contribution in [0.15, 0.2) is 102 Å². The van der Waals surface area contributed by atoms with Crippen molar-refractivity contribution in [1.29, 1.82) is 0 Å². The van der Waals surface area contributed by atoms with E-state index in [0.29, 0.717) is 33.6 Å². The van der Waals surface area contributed by atoms with Crippen LogP contribution in [-0.4, -0.2) is 51.4 Å². The van der Waals surface area contributed by atoms with Gasteiger partial charge in [-0.05, 0) is 67.4 Å². The predicted molar refractivity (Wildman–Crippen MR) is 188 cm³/mol. The molecular formula is C36H39Cl2N3O5S. The zero-order chi connectivity index (χ0) is 34.0. The van der Waals surface area contributed by atoms with Crippen LogP contribution in [0.4, 0.5) is 5.69 Å². The summed E-state index contributed by atoms with van der Waals surface area (Å²) in [6, 6.07) is 26.2. The Kier molecular flexibility index (Phi) is 12.7. The van der Waals surface area contributed by atoms with Crippen LogP contribution < -0.4 is 14.4 Å². The second-order valence-electron chi connectivity index (χ2n) is 11.1. The summed E-state index contributed by atoms with van der Waals surface area (Å²) >= 11 is 13.2. The number of carbonyl (C=O) groups is 2. The number of methoxy groups -OCH3 is 1. The number of sulfonamides is 1. The molecule has 47 heavy (non-hydrogen) atoms.